The van der Waals surface area contributed by atoms with Gasteiger partial charge in [0.15, 0.2) is 0 Å². The van der Waals surface area contributed by atoms with Gasteiger partial charge in [0.2, 0.25) is 5.91 Å². The second kappa shape index (κ2) is 7.55. The van der Waals surface area contributed by atoms with Crippen molar-refractivity contribution in [2.75, 3.05) is 13.1 Å². The average Bonchev–Trinajstić information content (AvgIpc) is 3.35. The second-order valence-electron chi connectivity index (χ2n) is 7.08. The lowest BCUT2D eigenvalue weighted by Gasteiger charge is -2.19. The van der Waals surface area contributed by atoms with Crippen molar-refractivity contribution in [3.05, 3.63) is 54.5 Å². The molecule has 2 aromatic heterocycles. The molecule has 1 aromatic carbocycles. The van der Waals surface area contributed by atoms with E-state index in [-0.39, 0.29) is 0 Å². The number of nitriles is 1. The minimum atomic E-state index is -3.10. The number of aromatic nitrogens is 2. The Morgan fingerprint density at radius 1 is 1.30 bits per heavy atom. The molecular weight excluding hydrogens is 392 g/mol. The Morgan fingerprint density at radius 2 is 2.13 bits per heavy atom. The van der Waals surface area contributed by atoms with Gasteiger partial charge in [0.25, 0.3) is 11.8 Å². The second-order valence-corrected chi connectivity index (χ2v) is 7.08. The summed E-state index contributed by atoms with van der Waals surface area (Å²) in [6.07, 6.45) is 4.12. The zero-order chi connectivity index (χ0) is 21.3. The highest BCUT2D eigenvalue weighted by Gasteiger charge is 2.47. The number of fused-ring (bicyclic) bond motifs is 1. The van der Waals surface area contributed by atoms with Crippen LogP contribution in [0.15, 0.2) is 48.9 Å². The lowest BCUT2D eigenvalue weighted by molar-refractivity contribution is -0.131. The quantitative estimate of drug-likeness (QED) is 0.692. The van der Waals surface area contributed by atoms with Crippen LogP contribution in [0.25, 0.3) is 22.0 Å². The van der Waals surface area contributed by atoms with Gasteiger partial charge in [-0.2, -0.15) is 5.26 Å². The summed E-state index contributed by atoms with van der Waals surface area (Å²) in [5.41, 5.74) is 2.57. The fraction of sp³-hybridized carbons (Fsp3) is 0.238. The van der Waals surface area contributed by atoms with Crippen LogP contribution in [0.4, 0.5) is 8.78 Å². The molecule has 1 atom stereocenters. The van der Waals surface area contributed by atoms with Crippen molar-refractivity contribution in [2.24, 2.45) is 0 Å². The zero-order valence-corrected chi connectivity index (χ0v) is 15.7. The van der Waals surface area contributed by atoms with E-state index in [1.165, 1.54) is 12.3 Å². The van der Waals surface area contributed by atoms with Crippen molar-refractivity contribution in [3.63, 3.8) is 0 Å². The van der Waals surface area contributed by atoms with Crippen LogP contribution in [0.5, 0.6) is 0 Å². The molecule has 3 heterocycles. The Bertz CT molecular complexity index is 1170. The molecule has 0 saturated carbocycles. The molecule has 1 aliphatic rings. The van der Waals surface area contributed by atoms with Crippen LogP contribution in [0, 0.1) is 11.3 Å². The van der Waals surface area contributed by atoms with Crippen molar-refractivity contribution >= 4 is 22.7 Å². The number of H-pyrrole nitrogens is 1. The maximum Gasteiger partial charge on any atom is 0.268 e. The first-order valence-electron chi connectivity index (χ1n) is 9.25. The number of benzene rings is 1. The highest BCUT2D eigenvalue weighted by Crippen LogP contribution is 2.32. The molecule has 152 valence electrons. The summed E-state index contributed by atoms with van der Waals surface area (Å²) in [5.74, 6) is -4.36. The lowest BCUT2D eigenvalue weighted by atomic mass is 9.98. The van der Waals surface area contributed by atoms with Gasteiger partial charge < -0.3 is 15.2 Å². The number of halogens is 2. The number of nitrogens with one attached hydrogen (secondary N) is 2. The van der Waals surface area contributed by atoms with E-state index in [2.05, 4.69) is 15.3 Å². The van der Waals surface area contributed by atoms with Crippen molar-refractivity contribution in [2.45, 2.75) is 18.4 Å². The van der Waals surface area contributed by atoms with Crippen LogP contribution >= 0.6 is 0 Å². The van der Waals surface area contributed by atoms with Crippen LogP contribution in [-0.4, -0.2) is 51.7 Å². The summed E-state index contributed by atoms with van der Waals surface area (Å²) in [5, 5.41) is 12.4. The number of hydrogen-bond acceptors (Lipinski definition) is 4. The smallest absolute Gasteiger partial charge is 0.268 e. The van der Waals surface area contributed by atoms with E-state index in [4.69, 9.17) is 5.26 Å². The van der Waals surface area contributed by atoms with Crippen molar-refractivity contribution in [3.8, 4) is 17.2 Å². The highest BCUT2D eigenvalue weighted by atomic mass is 19.3. The Hall–Kier alpha value is -3.80. The van der Waals surface area contributed by atoms with Crippen LogP contribution in [0.3, 0.4) is 0 Å². The number of aromatic amines is 1. The summed E-state index contributed by atoms with van der Waals surface area (Å²) in [7, 11) is 0. The van der Waals surface area contributed by atoms with Gasteiger partial charge in [0, 0.05) is 41.5 Å². The van der Waals surface area contributed by atoms with Crippen LogP contribution in [0.1, 0.15) is 16.8 Å². The van der Waals surface area contributed by atoms with E-state index >= 15 is 0 Å². The minimum absolute atomic E-state index is 0.301. The first kappa shape index (κ1) is 19.5. The Labute approximate surface area is 170 Å². The number of pyridine rings is 1. The molecule has 0 spiro atoms. The number of rotatable bonds is 4. The molecule has 1 fully saturated rings. The fourth-order valence-corrected chi connectivity index (χ4v) is 3.67. The number of carbonyl (C=O) groups is 2. The van der Waals surface area contributed by atoms with Gasteiger partial charge in [-0.25, -0.2) is 8.78 Å². The molecule has 1 aliphatic heterocycles. The molecular formula is C21H17F2N5O2. The third-order valence-corrected chi connectivity index (χ3v) is 5.09. The van der Waals surface area contributed by atoms with Crippen molar-refractivity contribution < 1.29 is 18.4 Å². The summed E-state index contributed by atoms with van der Waals surface area (Å²) >= 11 is 0. The number of amides is 2. The van der Waals surface area contributed by atoms with Gasteiger partial charge in [0.05, 0.1) is 24.7 Å². The Balaban J connectivity index is 1.54. The largest absolute Gasteiger partial charge is 0.361 e. The third-order valence-electron chi connectivity index (χ3n) is 5.09. The van der Waals surface area contributed by atoms with Gasteiger partial charge in [-0.15, -0.1) is 0 Å². The SMILES string of the molecule is N#C[C@@H]1CC(F)(F)CN1C(=O)CNC(=O)c1ccncc1-c1cccc2[nH]ccc12. The number of alkyl halides is 2. The zero-order valence-electron chi connectivity index (χ0n) is 15.7. The summed E-state index contributed by atoms with van der Waals surface area (Å²) in [6, 6.07) is 9.55. The maximum atomic E-state index is 13.6. The topological polar surface area (TPSA) is 102 Å². The van der Waals surface area contributed by atoms with Gasteiger partial charge in [-0.3, -0.25) is 14.6 Å². The Morgan fingerprint density at radius 3 is 2.93 bits per heavy atom. The van der Waals surface area contributed by atoms with Gasteiger partial charge >= 0.3 is 0 Å². The Kier molecular flexibility index (Phi) is 4.91. The molecule has 9 heteroatoms. The first-order valence-corrected chi connectivity index (χ1v) is 9.25. The number of likely N-dealkylation sites (tertiary alicyclic amines) is 1. The molecule has 0 radical (unpaired) electrons. The summed E-state index contributed by atoms with van der Waals surface area (Å²) in [6.45, 7) is -1.31. The molecule has 0 unspecified atom stereocenters. The van der Waals surface area contributed by atoms with E-state index in [9.17, 15) is 18.4 Å². The molecule has 7 nitrogen and oxygen atoms in total. The van der Waals surface area contributed by atoms with Crippen LogP contribution < -0.4 is 5.32 Å². The number of carbonyl (C=O) groups excluding carboxylic acids is 2. The highest BCUT2D eigenvalue weighted by molar-refractivity contribution is 6.06. The van der Waals surface area contributed by atoms with E-state index in [1.807, 2.05) is 24.3 Å². The molecule has 3 aromatic rings. The molecule has 0 aliphatic carbocycles. The van der Waals surface area contributed by atoms with E-state index in [1.54, 1.807) is 18.5 Å². The molecule has 4 rings (SSSR count). The minimum Gasteiger partial charge on any atom is -0.361 e. The number of hydrogen-bond donors (Lipinski definition) is 2. The van der Waals surface area contributed by atoms with Crippen molar-refractivity contribution in [1.82, 2.24) is 20.2 Å². The normalized spacial score (nSPS) is 17.6. The predicted octanol–water partition coefficient (Wildman–Crippen LogP) is 2.72. The predicted molar refractivity (Wildman–Crippen MR) is 105 cm³/mol. The first-order chi connectivity index (χ1) is 14.4. The average molecular weight is 409 g/mol. The lowest BCUT2D eigenvalue weighted by Crippen LogP contribution is -2.43. The van der Waals surface area contributed by atoms with Crippen LogP contribution in [-0.2, 0) is 4.79 Å². The monoisotopic (exact) mass is 409 g/mol. The van der Waals surface area contributed by atoms with Gasteiger partial charge in [-0.1, -0.05) is 12.1 Å². The molecule has 1 saturated heterocycles. The maximum absolute atomic E-state index is 13.6. The van der Waals surface area contributed by atoms with E-state index in [0.29, 0.717) is 11.1 Å². The van der Waals surface area contributed by atoms with Gasteiger partial charge in [-0.05, 0) is 23.8 Å². The van der Waals surface area contributed by atoms with E-state index in [0.717, 1.165) is 21.4 Å². The number of nitrogens with zero attached hydrogens (tertiary/aromatic N) is 3. The van der Waals surface area contributed by atoms with Crippen molar-refractivity contribution in [1.29, 1.82) is 5.26 Å². The molecule has 30 heavy (non-hydrogen) atoms. The standard InChI is InChI=1S/C21H17F2N5O2/c22-21(23)8-13(9-24)28(12-21)19(29)11-27-20(30)16-4-6-25-10-17(16)14-2-1-3-18-15(14)5-7-26-18/h1-7,10,13,26H,8,11-12H2,(H,27,30)/t13-/m0/s1. The van der Waals surface area contributed by atoms with E-state index < -0.39 is 43.3 Å². The summed E-state index contributed by atoms with van der Waals surface area (Å²) < 4.78 is 27.1. The summed E-state index contributed by atoms with van der Waals surface area (Å²) in [4.78, 5) is 33.2. The van der Waals surface area contributed by atoms with Crippen LogP contribution in [0.2, 0.25) is 0 Å². The molecule has 0 bridgehead atoms. The molecule has 2 N–H and O–H groups in total. The van der Waals surface area contributed by atoms with Gasteiger partial charge in [0.1, 0.15) is 6.04 Å². The molecule has 2 amide bonds. The third kappa shape index (κ3) is 3.59. The fourth-order valence-electron chi connectivity index (χ4n) is 3.67.